The van der Waals surface area contributed by atoms with Crippen molar-refractivity contribution in [2.45, 2.75) is 18.7 Å². The second-order valence-electron chi connectivity index (χ2n) is 8.62. The van der Waals surface area contributed by atoms with E-state index in [1.807, 2.05) is 59.5 Å². The summed E-state index contributed by atoms with van der Waals surface area (Å²) in [5, 5.41) is 11.4. The molecule has 2 aliphatic heterocycles. The van der Waals surface area contributed by atoms with E-state index in [0.717, 1.165) is 24.1 Å². The minimum Gasteiger partial charge on any atom is -0.407 e. The fourth-order valence-electron chi connectivity index (χ4n) is 4.41. The number of ether oxygens (including phenoxy) is 2. The molecule has 3 heterocycles. The van der Waals surface area contributed by atoms with Crippen molar-refractivity contribution in [2.75, 3.05) is 30.4 Å². The van der Waals surface area contributed by atoms with Gasteiger partial charge in [-0.1, -0.05) is 48.5 Å². The fraction of sp³-hybridized carbons (Fsp3) is 0.222. The predicted molar refractivity (Wildman–Crippen MR) is 142 cm³/mol. The number of hydrogen-bond donors (Lipinski definition) is 3. The first-order valence-corrected chi connectivity index (χ1v) is 11.9. The van der Waals surface area contributed by atoms with Crippen molar-refractivity contribution in [1.29, 1.82) is 5.41 Å². The monoisotopic (exact) mass is 497 g/mol. The van der Waals surface area contributed by atoms with E-state index in [2.05, 4.69) is 20.3 Å². The number of carbonyl (C=O) groups is 1. The Bertz CT molecular complexity index is 1370. The second-order valence-corrected chi connectivity index (χ2v) is 8.62. The van der Waals surface area contributed by atoms with Crippen molar-refractivity contribution in [3.63, 3.8) is 0 Å². The molecule has 0 aliphatic carbocycles. The van der Waals surface area contributed by atoms with Gasteiger partial charge in [-0.05, 0) is 24.6 Å². The van der Waals surface area contributed by atoms with Crippen LogP contribution in [0.25, 0.3) is 0 Å². The maximum Gasteiger partial charge on any atom is 0.291 e. The van der Waals surface area contributed by atoms with Crippen LogP contribution in [0.4, 0.5) is 11.5 Å². The molecule has 37 heavy (non-hydrogen) atoms. The van der Waals surface area contributed by atoms with Crippen molar-refractivity contribution in [3.05, 3.63) is 89.6 Å². The van der Waals surface area contributed by atoms with Gasteiger partial charge in [0.25, 0.3) is 11.9 Å². The van der Waals surface area contributed by atoms with E-state index < -0.39 is 12.1 Å². The highest BCUT2D eigenvalue weighted by Crippen LogP contribution is 2.26. The Morgan fingerprint density at radius 1 is 1.14 bits per heavy atom. The van der Waals surface area contributed by atoms with Crippen LogP contribution < -0.4 is 16.0 Å². The quantitative estimate of drug-likeness (QED) is 0.366. The fourth-order valence-corrected chi connectivity index (χ4v) is 4.41. The average Bonchev–Trinajstić information content (AvgIpc) is 3.36. The molecule has 2 aliphatic rings. The number of methoxy groups -OCH3 is 1. The molecule has 1 amide bonds. The number of fused-ring (bicyclic) bond motifs is 1. The van der Waals surface area contributed by atoms with E-state index in [1.54, 1.807) is 25.4 Å². The number of aliphatic imine (C=N–C) groups is 2. The number of hydrogen-bond acceptors (Lipinski definition) is 8. The molecule has 2 unspecified atom stereocenters. The molecule has 188 valence electrons. The van der Waals surface area contributed by atoms with Gasteiger partial charge in [-0.15, -0.1) is 0 Å². The van der Waals surface area contributed by atoms with Crippen LogP contribution >= 0.6 is 0 Å². The molecule has 0 radical (unpaired) electrons. The molecule has 1 saturated heterocycles. The van der Waals surface area contributed by atoms with Gasteiger partial charge < -0.3 is 25.4 Å². The number of anilines is 2. The van der Waals surface area contributed by atoms with Gasteiger partial charge in [-0.2, -0.15) is 4.99 Å². The number of nitrogens with zero attached hydrogens (tertiary/aromatic N) is 4. The highest BCUT2D eigenvalue weighted by molar-refractivity contribution is 6.19. The van der Waals surface area contributed by atoms with Gasteiger partial charge in [0.15, 0.2) is 0 Å². The largest absolute Gasteiger partial charge is 0.407 e. The second kappa shape index (κ2) is 10.6. The number of carbonyl (C=O) groups excluding carboxylic acids is 1. The Labute approximate surface area is 214 Å². The number of rotatable bonds is 5. The number of amides is 1. The van der Waals surface area contributed by atoms with Gasteiger partial charge in [-0.25, -0.2) is 9.98 Å². The van der Waals surface area contributed by atoms with Gasteiger partial charge in [0.2, 0.25) is 12.1 Å². The molecule has 1 fully saturated rings. The summed E-state index contributed by atoms with van der Waals surface area (Å²) in [7, 11) is 1.68. The molecule has 0 spiro atoms. The summed E-state index contributed by atoms with van der Waals surface area (Å²) in [4.78, 5) is 28.4. The summed E-state index contributed by atoms with van der Waals surface area (Å²) in [5.74, 6) is -0.0807. The van der Waals surface area contributed by atoms with Crippen molar-refractivity contribution in [3.8, 4) is 0 Å². The number of nitrogens with one attached hydrogen (secondary N) is 2. The summed E-state index contributed by atoms with van der Waals surface area (Å²) in [6.07, 6.45) is 1.43. The van der Waals surface area contributed by atoms with E-state index in [4.69, 9.17) is 20.6 Å². The standard InChI is InChI=1S/C27H27N7O3/c1-36-18-13-15-34(16-18)25-20(11-7-14-30-25)23(28)37-27(29)33-24-26(35)31-21-12-6-5-10-19(21)22(32-24)17-8-3-2-4-9-17/h2-12,14,18,24,28H,13,15-16H2,1H3,(H2,29,33)(H,31,35). The van der Waals surface area contributed by atoms with Gasteiger partial charge in [0.05, 0.1) is 23.1 Å². The predicted octanol–water partition coefficient (Wildman–Crippen LogP) is 2.78. The van der Waals surface area contributed by atoms with Gasteiger partial charge in [0.1, 0.15) is 5.82 Å². The smallest absolute Gasteiger partial charge is 0.291 e. The Morgan fingerprint density at radius 2 is 1.92 bits per heavy atom. The third kappa shape index (κ3) is 5.19. The van der Waals surface area contributed by atoms with Crippen molar-refractivity contribution in [1.82, 2.24) is 4.98 Å². The van der Waals surface area contributed by atoms with Crippen LogP contribution in [0.5, 0.6) is 0 Å². The first kappa shape index (κ1) is 24.1. The van der Waals surface area contributed by atoms with E-state index in [0.29, 0.717) is 29.3 Å². The van der Waals surface area contributed by atoms with Gasteiger partial charge in [-0.3, -0.25) is 10.2 Å². The minimum absolute atomic E-state index is 0.103. The van der Waals surface area contributed by atoms with Crippen LogP contribution in [-0.2, 0) is 14.3 Å². The van der Waals surface area contributed by atoms with Crippen molar-refractivity contribution >= 4 is 35.0 Å². The number of nitrogens with two attached hydrogens (primary N) is 1. The van der Waals surface area contributed by atoms with E-state index in [-0.39, 0.29) is 18.0 Å². The Morgan fingerprint density at radius 3 is 2.70 bits per heavy atom. The third-order valence-electron chi connectivity index (χ3n) is 6.24. The molecule has 10 nitrogen and oxygen atoms in total. The molecule has 1 aromatic heterocycles. The van der Waals surface area contributed by atoms with Crippen LogP contribution in [0.3, 0.4) is 0 Å². The zero-order valence-corrected chi connectivity index (χ0v) is 20.3. The lowest BCUT2D eigenvalue weighted by atomic mass is 10.0. The molecular weight excluding hydrogens is 470 g/mol. The number of aromatic nitrogens is 1. The molecule has 0 saturated carbocycles. The zero-order valence-electron chi connectivity index (χ0n) is 20.3. The first-order valence-electron chi connectivity index (χ1n) is 11.9. The Hall–Kier alpha value is -4.57. The molecule has 10 heteroatoms. The molecule has 5 rings (SSSR count). The van der Waals surface area contributed by atoms with E-state index in [9.17, 15) is 4.79 Å². The zero-order chi connectivity index (χ0) is 25.8. The van der Waals surface area contributed by atoms with Crippen molar-refractivity contribution in [2.24, 2.45) is 15.7 Å². The number of benzene rings is 2. The highest BCUT2D eigenvalue weighted by Gasteiger charge is 2.28. The normalized spacial score (nSPS) is 19.5. The maximum atomic E-state index is 13.0. The number of para-hydroxylation sites is 1. The van der Waals surface area contributed by atoms with Gasteiger partial charge in [0, 0.05) is 37.5 Å². The lowest BCUT2D eigenvalue weighted by Gasteiger charge is -2.20. The highest BCUT2D eigenvalue weighted by atomic mass is 16.5. The summed E-state index contributed by atoms with van der Waals surface area (Å²) < 4.78 is 11.0. The van der Waals surface area contributed by atoms with E-state index in [1.165, 1.54) is 0 Å². The molecule has 4 N–H and O–H groups in total. The summed E-state index contributed by atoms with van der Waals surface area (Å²) >= 11 is 0. The minimum atomic E-state index is -1.20. The summed E-state index contributed by atoms with van der Waals surface area (Å²) in [6, 6.07) is 20.1. The van der Waals surface area contributed by atoms with Crippen molar-refractivity contribution < 1.29 is 14.3 Å². The van der Waals surface area contributed by atoms with Crippen LogP contribution in [0.15, 0.2) is 82.9 Å². The van der Waals surface area contributed by atoms with E-state index >= 15 is 0 Å². The molecule has 2 atom stereocenters. The maximum absolute atomic E-state index is 13.0. The Balaban J connectivity index is 1.41. The average molecular weight is 498 g/mol. The number of amidine groups is 1. The molecular formula is C27H27N7O3. The topological polar surface area (TPSA) is 138 Å². The number of benzodiazepines with no additional fused rings is 1. The third-order valence-corrected chi connectivity index (χ3v) is 6.24. The molecule has 2 aromatic carbocycles. The van der Waals surface area contributed by atoms with Crippen LogP contribution in [0.1, 0.15) is 23.1 Å². The van der Waals surface area contributed by atoms with Crippen LogP contribution in [0.2, 0.25) is 0 Å². The summed E-state index contributed by atoms with van der Waals surface area (Å²) in [5.41, 5.74) is 9.36. The number of pyridine rings is 1. The Kier molecular flexibility index (Phi) is 6.91. The van der Waals surface area contributed by atoms with Gasteiger partial charge >= 0.3 is 0 Å². The van der Waals surface area contributed by atoms with Crippen LogP contribution in [0, 0.1) is 5.41 Å². The first-order chi connectivity index (χ1) is 18.0. The lowest BCUT2D eigenvalue weighted by Crippen LogP contribution is -2.30. The lowest BCUT2D eigenvalue weighted by molar-refractivity contribution is -0.117. The SMILES string of the molecule is COC1CCN(c2ncccc2C(=N)O/C(N)=N/C2N=C(c3ccccc3)c3ccccc3NC2=O)C1. The molecule has 3 aromatic rings. The molecule has 0 bridgehead atoms. The summed E-state index contributed by atoms with van der Waals surface area (Å²) in [6.45, 7) is 1.41. The van der Waals surface area contributed by atoms with Crippen LogP contribution in [-0.4, -0.2) is 61.0 Å².